The summed E-state index contributed by atoms with van der Waals surface area (Å²) in [5, 5.41) is 1.55. The number of fused-ring (bicyclic) bond motifs is 1. The van der Waals surface area contributed by atoms with Gasteiger partial charge in [0.05, 0.1) is 27.9 Å². The zero-order valence-electron chi connectivity index (χ0n) is 9.93. The van der Waals surface area contributed by atoms with Gasteiger partial charge < -0.3 is 10.5 Å². The topological polar surface area (TPSA) is 61.0 Å². The number of hydrogen-bond acceptors (Lipinski definition) is 6. The number of hydrogen-bond donors (Lipinski definition) is 1. The molecule has 2 heterocycles. The van der Waals surface area contributed by atoms with E-state index in [0.717, 1.165) is 31.5 Å². The van der Waals surface area contributed by atoms with Gasteiger partial charge in [0.2, 0.25) is 0 Å². The second-order valence-corrected chi connectivity index (χ2v) is 5.88. The summed E-state index contributed by atoms with van der Waals surface area (Å²) < 4.78 is 6.32. The highest BCUT2D eigenvalue weighted by molar-refractivity contribution is 7.26. The maximum atomic E-state index is 5.72. The quantitative estimate of drug-likeness (QED) is 0.780. The van der Waals surface area contributed by atoms with E-state index in [4.69, 9.17) is 10.5 Å². The molecule has 6 heteroatoms. The summed E-state index contributed by atoms with van der Waals surface area (Å²) in [4.78, 5) is 9.89. The molecule has 3 rings (SSSR count). The average Bonchev–Trinajstić information content (AvgIpc) is 2.90. The van der Waals surface area contributed by atoms with Crippen molar-refractivity contribution >= 4 is 38.0 Å². The van der Waals surface area contributed by atoms with Crippen molar-refractivity contribution in [3.05, 3.63) is 23.9 Å². The number of rotatable bonds is 2. The first-order valence-electron chi connectivity index (χ1n) is 5.35. The van der Waals surface area contributed by atoms with Crippen molar-refractivity contribution in [3.63, 3.8) is 0 Å². The van der Waals surface area contributed by atoms with Crippen LogP contribution in [0.1, 0.15) is 5.69 Å². The van der Waals surface area contributed by atoms with E-state index >= 15 is 0 Å². The van der Waals surface area contributed by atoms with Gasteiger partial charge in [-0.25, -0.2) is 9.97 Å². The van der Waals surface area contributed by atoms with Crippen LogP contribution in [-0.2, 0) is 0 Å². The van der Waals surface area contributed by atoms with Gasteiger partial charge in [-0.2, -0.15) is 0 Å². The highest BCUT2D eigenvalue weighted by atomic mass is 32.1. The van der Waals surface area contributed by atoms with Gasteiger partial charge in [0.15, 0.2) is 5.13 Å². The minimum Gasteiger partial charge on any atom is -0.497 e. The molecule has 0 aliphatic rings. The molecule has 0 saturated carbocycles. The molecule has 3 aromatic rings. The highest BCUT2D eigenvalue weighted by Crippen LogP contribution is 2.37. The van der Waals surface area contributed by atoms with Crippen molar-refractivity contribution in [2.75, 3.05) is 12.8 Å². The van der Waals surface area contributed by atoms with Crippen LogP contribution >= 0.6 is 22.7 Å². The van der Waals surface area contributed by atoms with Gasteiger partial charge in [-0.3, -0.25) is 0 Å². The summed E-state index contributed by atoms with van der Waals surface area (Å²) in [5.74, 6) is 0.846. The monoisotopic (exact) mass is 277 g/mol. The van der Waals surface area contributed by atoms with Crippen molar-refractivity contribution in [2.45, 2.75) is 6.92 Å². The molecular weight excluding hydrogens is 266 g/mol. The lowest BCUT2D eigenvalue weighted by atomic mass is 10.3. The second kappa shape index (κ2) is 4.22. The van der Waals surface area contributed by atoms with E-state index < -0.39 is 0 Å². The molecule has 0 aliphatic carbocycles. The SMILES string of the molecule is COc1ccc2nc(-c3sc(N)nc3C)sc2c1. The zero-order valence-corrected chi connectivity index (χ0v) is 11.6. The van der Waals surface area contributed by atoms with Gasteiger partial charge >= 0.3 is 0 Å². The van der Waals surface area contributed by atoms with Crippen LogP contribution in [0.15, 0.2) is 18.2 Å². The molecule has 0 saturated heterocycles. The molecule has 0 bridgehead atoms. The number of aromatic nitrogens is 2. The van der Waals surface area contributed by atoms with E-state index in [1.54, 1.807) is 18.4 Å². The van der Waals surface area contributed by atoms with Crippen LogP contribution in [-0.4, -0.2) is 17.1 Å². The molecule has 92 valence electrons. The van der Waals surface area contributed by atoms with Gasteiger partial charge in [0, 0.05) is 0 Å². The zero-order chi connectivity index (χ0) is 12.7. The van der Waals surface area contributed by atoms with Crippen LogP contribution in [0.2, 0.25) is 0 Å². The molecule has 4 nitrogen and oxygen atoms in total. The molecule has 0 unspecified atom stereocenters. The minimum atomic E-state index is 0.583. The summed E-state index contributed by atoms with van der Waals surface area (Å²) >= 11 is 3.11. The van der Waals surface area contributed by atoms with E-state index in [1.165, 1.54) is 11.3 Å². The molecule has 18 heavy (non-hydrogen) atoms. The average molecular weight is 277 g/mol. The van der Waals surface area contributed by atoms with Crippen molar-refractivity contribution in [3.8, 4) is 15.6 Å². The van der Waals surface area contributed by atoms with Crippen molar-refractivity contribution in [2.24, 2.45) is 0 Å². The summed E-state index contributed by atoms with van der Waals surface area (Å²) in [7, 11) is 1.66. The summed E-state index contributed by atoms with van der Waals surface area (Å²) in [6, 6.07) is 5.88. The fraction of sp³-hybridized carbons (Fsp3) is 0.167. The Morgan fingerprint density at radius 2 is 2.06 bits per heavy atom. The number of nitrogen functional groups attached to an aromatic ring is 1. The van der Waals surface area contributed by atoms with E-state index in [1.807, 2.05) is 25.1 Å². The third-order valence-electron chi connectivity index (χ3n) is 2.60. The lowest BCUT2D eigenvalue weighted by molar-refractivity contribution is 0.415. The Morgan fingerprint density at radius 1 is 1.22 bits per heavy atom. The van der Waals surface area contributed by atoms with E-state index in [-0.39, 0.29) is 0 Å². The van der Waals surface area contributed by atoms with Gasteiger partial charge in [-0.05, 0) is 25.1 Å². The summed E-state index contributed by atoms with van der Waals surface area (Å²) in [5.41, 5.74) is 7.63. The summed E-state index contributed by atoms with van der Waals surface area (Å²) in [6.45, 7) is 1.95. The Bertz CT molecular complexity index is 717. The van der Waals surface area contributed by atoms with Crippen LogP contribution in [0, 0.1) is 6.92 Å². The molecule has 0 radical (unpaired) electrons. The van der Waals surface area contributed by atoms with E-state index in [9.17, 15) is 0 Å². The van der Waals surface area contributed by atoms with Crippen LogP contribution in [0.25, 0.3) is 20.1 Å². The predicted molar refractivity (Wildman–Crippen MR) is 76.4 cm³/mol. The molecule has 0 amide bonds. The smallest absolute Gasteiger partial charge is 0.180 e. The number of ether oxygens (including phenoxy) is 1. The normalized spacial score (nSPS) is 11.0. The number of aryl methyl sites for hydroxylation is 1. The number of anilines is 1. The first-order chi connectivity index (χ1) is 8.67. The lowest BCUT2D eigenvalue weighted by Crippen LogP contribution is -1.81. The number of thiazole rings is 2. The van der Waals surface area contributed by atoms with Crippen molar-refractivity contribution in [1.82, 2.24) is 9.97 Å². The number of nitrogens with zero attached hydrogens (tertiary/aromatic N) is 2. The number of methoxy groups -OCH3 is 1. The van der Waals surface area contributed by atoms with Crippen LogP contribution in [0.5, 0.6) is 5.75 Å². The van der Waals surface area contributed by atoms with Crippen LogP contribution in [0.3, 0.4) is 0 Å². The largest absolute Gasteiger partial charge is 0.497 e. The number of benzene rings is 1. The third kappa shape index (κ3) is 1.83. The molecule has 0 fully saturated rings. The molecule has 0 aliphatic heterocycles. The molecule has 2 aromatic heterocycles. The Morgan fingerprint density at radius 3 is 2.72 bits per heavy atom. The van der Waals surface area contributed by atoms with Crippen LogP contribution < -0.4 is 10.5 Å². The Labute approximate surface area is 112 Å². The van der Waals surface area contributed by atoms with Crippen LogP contribution in [0.4, 0.5) is 5.13 Å². The maximum Gasteiger partial charge on any atom is 0.180 e. The highest BCUT2D eigenvalue weighted by Gasteiger charge is 2.13. The van der Waals surface area contributed by atoms with Gasteiger partial charge in [-0.15, -0.1) is 11.3 Å². The Hall–Kier alpha value is -1.66. The minimum absolute atomic E-state index is 0.583. The predicted octanol–water partition coefficient (Wildman–Crippen LogP) is 3.32. The fourth-order valence-corrected chi connectivity index (χ4v) is 3.70. The molecule has 2 N–H and O–H groups in total. The van der Waals surface area contributed by atoms with Gasteiger partial charge in [0.1, 0.15) is 10.8 Å². The van der Waals surface area contributed by atoms with E-state index in [0.29, 0.717) is 5.13 Å². The first kappa shape index (κ1) is 11.4. The fourth-order valence-electron chi connectivity index (χ4n) is 1.74. The molecule has 0 spiro atoms. The van der Waals surface area contributed by atoms with Gasteiger partial charge in [0.25, 0.3) is 0 Å². The Kier molecular flexibility index (Phi) is 2.68. The molecular formula is C12H11N3OS2. The second-order valence-electron chi connectivity index (χ2n) is 3.82. The van der Waals surface area contributed by atoms with E-state index in [2.05, 4.69) is 9.97 Å². The van der Waals surface area contributed by atoms with Gasteiger partial charge in [-0.1, -0.05) is 11.3 Å². The summed E-state index contributed by atoms with van der Waals surface area (Å²) in [6.07, 6.45) is 0. The Balaban J connectivity index is 2.16. The first-order valence-corrected chi connectivity index (χ1v) is 6.98. The van der Waals surface area contributed by atoms with Crippen molar-refractivity contribution in [1.29, 1.82) is 0 Å². The molecule has 1 aromatic carbocycles. The molecule has 0 atom stereocenters. The standard InChI is InChI=1S/C12H11N3OS2/c1-6-10(18-12(13)14-6)11-15-8-4-3-7(16-2)5-9(8)17-11/h3-5H,1-2H3,(H2,13,14). The lowest BCUT2D eigenvalue weighted by Gasteiger charge is -1.96. The maximum absolute atomic E-state index is 5.72. The van der Waals surface area contributed by atoms with Crippen molar-refractivity contribution < 1.29 is 4.74 Å². The number of nitrogens with two attached hydrogens (primary N) is 1. The third-order valence-corrected chi connectivity index (χ3v) is 4.76.